The molecule has 1 N–H and O–H groups in total. The molecule has 0 atom stereocenters. The Kier molecular flexibility index (Phi) is 4.42. The van der Waals surface area contributed by atoms with Crippen LogP contribution in [0.3, 0.4) is 0 Å². The van der Waals surface area contributed by atoms with Crippen molar-refractivity contribution in [3.8, 4) is 5.69 Å². The number of rotatable bonds is 5. The molecule has 0 radical (unpaired) electrons. The van der Waals surface area contributed by atoms with Gasteiger partial charge >= 0.3 is 0 Å². The van der Waals surface area contributed by atoms with Crippen LogP contribution in [0.15, 0.2) is 36.7 Å². The monoisotopic (exact) mass is 341 g/mol. The zero-order chi connectivity index (χ0) is 12.1. The van der Waals surface area contributed by atoms with E-state index in [1.54, 1.807) is 0 Å². The van der Waals surface area contributed by atoms with Crippen molar-refractivity contribution in [2.75, 3.05) is 11.9 Å². The van der Waals surface area contributed by atoms with Gasteiger partial charge in [-0.1, -0.05) is 13.3 Å². The zero-order valence-electron chi connectivity index (χ0n) is 9.86. The van der Waals surface area contributed by atoms with Crippen LogP contribution in [0.1, 0.15) is 19.8 Å². The van der Waals surface area contributed by atoms with E-state index in [-0.39, 0.29) is 0 Å². The normalized spacial score (nSPS) is 10.5. The molecule has 2 aromatic rings. The van der Waals surface area contributed by atoms with Gasteiger partial charge in [-0.05, 0) is 53.3 Å². The minimum Gasteiger partial charge on any atom is -0.355 e. The molecule has 0 unspecified atom stereocenters. The molecule has 3 nitrogen and oxygen atoms in total. The van der Waals surface area contributed by atoms with E-state index in [4.69, 9.17) is 0 Å². The Morgan fingerprint density at radius 1 is 1.29 bits per heavy atom. The van der Waals surface area contributed by atoms with Gasteiger partial charge in [-0.25, -0.2) is 4.98 Å². The second-order valence-corrected chi connectivity index (χ2v) is 5.12. The van der Waals surface area contributed by atoms with Crippen LogP contribution in [-0.4, -0.2) is 16.1 Å². The van der Waals surface area contributed by atoms with E-state index >= 15 is 0 Å². The minimum atomic E-state index is 0.916. The van der Waals surface area contributed by atoms with Crippen LogP contribution >= 0.6 is 22.6 Å². The third-order valence-electron chi connectivity index (χ3n) is 2.56. The van der Waals surface area contributed by atoms with Gasteiger partial charge in [0.1, 0.15) is 0 Å². The van der Waals surface area contributed by atoms with E-state index in [0.717, 1.165) is 18.2 Å². The fraction of sp³-hybridized carbons (Fsp3) is 0.308. The Morgan fingerprint density at radius 2 is 2.06 bits per heavy atom. The molecule has 1 aromatic heterocycles. The number of halogens is 1. The summed E-state index contributed by atoms with van der Waals surface area (Å²) in [6.07, 6.45) is 6.17. The lowest BCUT2D eigenvalue weighted by atomic mass is 10.3. The average molecular weight is 341 g/mol. The molecule has 17 heavy (non-hydrogen) atoms. The van der Waals surface area contributed by atoms with Crippen molar-refractivity contribution < 1.29 is 0 Å². The van der Waals surface area contributed by atoms with Crippen LogP contribution in [0.4, 0.5) is 5.95 Å². The predicted octanol–water partition coefficient (Wildman–Crippen LogP) is 3.69. The molecule has 90 valence electrons. The van der Waals surface area contributed by atoms with Gasteiger partial charge in [-0.3, -0.25) is 4.57 Å². The summed E-state index contributed by atoms with van der Waals surface area (Å²) in [5.74, 6) is 0.916. The second-order valence-electron chi connectivity index (χ2n) is 3.88. The largest absolute Gasteiger partial charge is 0.355 e. The van der Waals surface area contributed by atoms with Gasteiger partial charge < -0.3 is 5.32 Å². The molecule has 0 fully saturated rings. The lowest BCUT2D eigenvalue weighted by molar-refractivity contribution is 0.823. The first-order chi connectivity index (χ1) is 8.31. The summed E-state index contributed by atoms with van der Waals surface area (Å²) < 4.78 is 3.32. The Balaban J connectivity index is 2.15. The molecule has 0 amide bonds. The van der Waals surface area contributed by atoms with Crippen LogP contribution in [0.25, 0.3) is 5.69 Å². The summed E-state index contributed by atoms with van der Waals surface area (Å²) in [4.78, 5) is 4.34. The van der Waals surface area contributed by atoms with Crippen molar-refractivity contribution in [2.24, 2.45) is 0 Å². The Hall–Kier alpha value is -1.04. The quantitative estimate of drug-likeness (QED) is 0.664. The molecule has 0 bridgehead atoms. The van der Waals surface area contributed by atoms with Crippen molar-refractivity contribution in [3.05, 3.63) is 40.2 Å². The molecule has 0 saturated heterocycles. The van der Waals surface area contributed by atoms with Crippen LogP contribution in [0.5, 0.6) is 0 Å². The maximum absolute atomic E-state index is 4.34. The molecule has 2 rings (SSSR count). The van der Waals surface area contributed by atoms with Gasteiger partial charge in [0.05, 0.1) is 0 Å². The van der Waals surface area contributed by atoms with Crippen molar-refractivity contribution in [3.63, 3.8) is 0 Å². The molecule has 4 heteroatoms. The number of nitrogens with one attached hydrogen (secondary N) is 1. The maximum Gasteiger partial charge on any atom is 0.207 e. The molecular formula is C13H16IN3. The van der Waals surface area contributed by atoms with Gasteiger partial charge in [0.2, 0.25) is 5.95 Å². The van der Waals surface area contributed by atoms with Crippen molar-refractivity contribution in [1.29, 1.82) is 0 Å². The summed E-state index contributed by atoms with van der Waals surface area (Å²) in [6, 6.07) is 8.42. The van der Waals surface area contributed by atoms with E-state index in [1.165, 1.54) is 16.4 Å². The highest BCUT2D eigenvalue weighted by molar-refractivity contribution is 14.1. The Morgan fingerprint density at radius 3 is 2.76 bits per heavy atom. The number of hydrogen-bond donors (Lipinski definition) is 1. The van der Waals surface area contributed by atoms with Crippen molar-refractivity contribution >= 4 is 28.5 Å². The van der Waals surface area contributed by atoms with E-state index in [9.17, 15) is 0 Å². The lowest BCUT2D eigenvalue weighted by Gasteiger charge is -2.09. The Bertz CT molecular complexity index is 462. The first kappa shape index (κ1) is 12.4. The highest BCUT2D eigenvalue weighted by Gasteiger charge is 2.03. The minimum absolute atomic E-state index is 0.916. The third-order valence-corrected chi connectivity index (χ3v) is 3.28. The predicted molar refractivity (Wildman–Crippen MR) is 79.7 cm³/mol. The van der Waals surface area contributed by atoms with Gasteiger partial charge in [-0.2, -0.15) is 0 Å². The van der Waals surface area contributed by atoms with Crippen molar-refractivity contribution in [1.82, 2.24) is 9.55 Å². The summed E-state index contributed by atoms with van der Waals surface area (Å²) in [5, 5.41) is 3.36. The highest BCUT2D eigenvalue weighted by Crippen LogP contribution is 2.16. The van der Waals surface area contributed by atoms with Gasteiger partial charge in [0.25, 0.3) is 0 Å². The van der Waals surface area contributed by atoms with Crippen LogP contribution in [0, 0.1) is 3.57 Å². The first-order valence-corrected chi connectivity index (χ1v) is 6.92. The van der Waals surface area contributed by atoms with Crippen LogP contribution in [-0.2, 0) is 0 Å². The standard InChI is InChI=1S/C13H16IN3/c1-2-3-8-15-13-16-9-10-17(13)12-6-4-11(14)5-7-12/h4-7,9-10H,2-3,8H2,1H3,(H,15,16). The molecular weight excluding hydrogens is 325 g/mol. The highest BCUT2D eigenvalue weighted by atomic mass is 127. The van der Waals surface area contributed by atoms with E-state index in [2.05, 4.69) is 68.6 Å². The molecule has 1 heterocycles. The van der Waals surface area contributed by atoms with E-state index in [0.29, 0.717) is 0 Å². The third kappa shape index (κ3) is 3.21. The summed E-state index contributed by atoms with van der Waals surface area (Å²) >= 11 is 2.31. The molecule has 0 aliphatic rings. The smallest absolute Gasteiger partial charge is 0.207 e. The fourth-order valence-electron chi connectivity index (χ4n) is 1.62. The molecule has 1 aromatic carbocycles. The summed E-state index contributed by atoms with van der Waals surface area (Å²) in [5.41, 5.74) is 1.14. The van der Waals surface area contributed by atoms with Crippen LogP contribution in [0.2, 0.25) is 0 Å². The topological polar surface area (TPSA) is 29.9 Å². The molecule has 0 saturated carbocycles. The number of anilines is 1. The van der Waals surface area contributed by atoms with Crippen LogP contribution < -0.4 is 5.32 Å². The maximum atomic E-state index is 4.34. The Labute approximate surface area is 115 Å². The molecule has 0 spiro atoms. The first-order valence-electron chi connectivity index (χ1n) is 5.84. The SMILES string of the molecule is CCCCNc1nccn1-c1ccc(I)cc1. The molecule has 0 aliphatic carbocycles. The van der Waals surface area contributed by atoms with E-state index < -0.39 is 0 Å². The number of nitrogens with zero attached hydrogens (tertiary/aromatic N) is 2. The van der Waals surface area contributed by atoms with E-state index in [1.807, 2.05) is 12.4 Å². The second kappa shape index (κ2) is 6.05. The molecule has 0 aliphatic heterocycles. The van der Waals surface area contributed by atoms with Crippen molar-refractivity contribution in [2.45, 2.75) is 19.8 Å². The lowest BCUT2D eigenvalue weighted by Crippen LogP contribution is -2.07. The van der Waals surface area contributed by atoms with Gasteiger partial charge in [0.15, 0.2) is 0 Å². The van der Waals surface area contributed by atoms with Gasteiger partial charge in [-0.15, -0.1) is 0 Å². The number of imidazole rings is 1. The number of hydrogen-bond acceptors (Lipinski definition) is 2. The van der Waals surface area contributed by atoms with Gasteiger partial charge in [0, 0.05) is 28.2 Å². The summed E-state index contributed by atoms with van der Waals surface area (Å²) in [6.45, 7) is 3.16. The summed E-state index contributed by atoms with van der Waals surface area (Å²) in [7, 11) is 0. The number of unbranched alkanes of at least 4 members (excludes halogenated alkanes) is 1. The zero-order valence-corrected chi connectivity index (χ0v) is 12.0. The number of benzene rings is 1. The fourth-order valence-corrected chi connectivity index (χ4v) is 1.98. The number of aromatic nitrogens is 2. The average Bonchev–Trinajstić information content (AvgIpc) is 2.79.